The largest absolute Gasteiger partial charge is 0.454 e. The molecule has 2 aromatic carbocycles. The molecule has 1 saturated carbocycles. The van der Waals surface area contributed by atoms with Crippen LogP contribution in [-0.2, 0) is 23.1 Å². The Hall–Kier alpha value is -2.53. The second-order valence-electron chi connectivity index (χ2n) is 10.4. The van der Waals surface area contributed by atoms with E-state index in [2.05, 4.69) is 56.4 Å². The van der Waals surface area contributed by atoms with E-state index in [1.165, 1.54) is 11.3 Å². The lowest BCUT2D eigenvalue weighted by atomic mass is 9.82. The van der Waals surface area contributed by atoms with Crippen LogP contribution >= 0.6 is 0 Å². The fourth-order valence-electron chi connectivity index (χ4n) is 5.32. The van der Waals surface area contributed by atoms with E-state index in [1.807, 2.05) is 18.2 Å². The number of rotatable bonds is 7. The molecule has 1 unspecified atom stereocenters. The van der Waals surface area contributed by atoms with Crippen molar-refractivity contribution in [1.29, 1.82) is 0 Å². The number of fused-ring (bicyclic) bond motifs is 2. The second kappa shape index (κ2) is 7.27. The summed E-state index contributed by atoms with van der Waals surface area (Å²) in [6.45, 7) is 5.93. The van der Waals surface area contributed by atoms with Gasteiger partial charge in [0.15, 0.2) is 11.5 Å². The van der Waals surface area contributed by atoms with Crippen molar-refractivity contribution in [2.45, 2.75) is 51.0 Å². The van der Waals surface area contributed by atoms with Gasteiger partial charge in [-0.1, -0.05) is 32.0 Å². The molecule has 1 aliphatic carbocycles. The van der Waals surface area contributed by atoms with Gasteiger partial charge in [-0.25, -0.2) is 0 Å². The highest BCUT2D eigenvalue weighted by atomic mass is 16.7. The van der Waals surface area contributed by atoms with E-state index in [9.17, 15) is 4.79 Å². The fraction of sp³-hybridized carbons (Fsp3) is 0.500. The van der Waals surface area contributed by atoms with Gasteiger partial charge in [0.05, 0.1) is 5.41 Å². The number of carbonyl (C=O) groups excluding carboxylic acids is 1. The van der Waals surface area contributed by atoms with Gasteiger partial charge in [0, 0.05) is 24.7 Å². The van der Waals surface area contributed by atoms with E-state index in [0.717, 1.165) is 48.4 Å². The number of hydrogen-bond acceptors (Lipinski definition) is 5. The van der Waals surface area contributed by atoms with Crippen molar-refractivity contribution >= 4 is 11.5 Å². The van der Waals surface area contributed by atoms with Crippen molar-refractivity contribution in [3.63, 3.8) is 0 Å². The summed E-state index contributed by atoms with van der Waals surface area (Å²) in [5.41, 5.74) is 4.53. The molecule has 1 N–H and O–H groups in total. The Bertz CT molecular complexity index is 1020. The summed E-state index contributed by atoms with van der Waals surface area (Å²) in [6, 6.07) is 12.9. The number of anilines is 1. The van der Waals surface area contributed by atoms with Crippen molar-refractivity contribution in [2.24, 2.45) is 5.41 Å². The van der Waals surface area contributed by atoms with Crippen molar-refractivity contribution in [3.05, 3.63) is 53.1 Å². The first kappa shape index (κ1) is 20.4. The third-order valence-electron chi connectivity index (χ3n) is 7.16. The topological polar surface area (TPSA) is 50.8 Å². The molecular weight excluding hydrogens is 388 g/mol. The number of benzene rings is 2. The van der Waals surface area contributed by atoms with Crippen molar-refractivity contribution < 1.29 is 14.3 Å². The standard InChI is InChI=1S/C26H32N2O3/c1-25(2,15-28(3)4)23-13-18-11-17(5-7-20(18)27-23)12-24(29)26(9-10-26)19-6-8-21-22(14-19)31-16-30-21/h5-8,11,14,23,27H,9-10,12-13,15-16H2,1-4H3. The Morgan fingerprint density at radius 1 is 1.13 bits per heavy atom. The number of carbonyl (C=O) groups is 1. The zero-order chi connectivity index (χ0) is 21.8. The summed E-state index contributed by atoms with van der Waals surface area (Å²) in [5.74, 6) is 1.83. The van der Waals surface area contributed by atoms with E-state index in [0.29, 0.717) is 18.2 Å². The van der Waals surface area contributed by atoms with Crippen molar-refractivity contribution in [1.82, 2.24) is 4.90 Å². The lowest BCUT2D eigenvalue weighted by Crippen LogP contribution is -2.42. The van der Waals surface area contributed by atoms with Crippen LogP contribution < -0.4 is 14.8 Å². The van der Waals surface area contributed by atoms with Crippen LogP contribution in [0.4, 0.5) is 5.69 Å². The minimum atomic E-state index is -0.353. The average Bonchev–Trinajstić information content (AvgIpc) is 3.19. The van der Waals surface area contributed by atoms with Crippen LogP contribution in [-0.4, -0.2) is 44.2 Å². The molecule has 1 atom stereocenters. The smallest absolute Gasteiger partial charge is 0.231 e. The molecule has 164 valence electrons. The monoisotopic (exact) mass is 420 g/mol. The van der Waals surface area contributed by atoms with Gasteiger partial charge in [-0.05, 0) is 73.7 Å². The predicted molar refractivity (Wildman–Crippen MR) is 122 cm³/mol. The third kappa shape index (κ3) is 3.69. The number of Topliss-reactive ketones (excluding diaryl/α,β-unsaturated/α-hetero) is 1. The van der Waals surface area contributed by atoms with E-state index >= 15 is 0 Å². The van der Waals surface area contributed by atoms with Gasteiger partial charge in [-0.15, -0.1) is 0 Å². The maximum Gasteiger partial charge on any atom is 0.231 e. The highest BCUT2D eigenvalue weighted by Gasteiger charge is 2.50. The Labute approximate surface area is 184 Å². The van der Waals surface area contributed by atoms with Gasteiger partial charge in [0.25, 0.3) is 0 Å². The summed E-state index contributed by atoms with van der Waals surface area (Å²) >= 11 is 0. The first-order valence-corrected chi connectivity index (χ1v) is 11.2. The lowest BCUT2D eigenvalue weighted by molar-refractivity contribution is -0.120. The maximum absolute atomic E-state index is 13.3. The first-order chi connectivity index (χ1) is 14.8. The molecule has 31 heavy (non-hydrogen) atoms. The summed E-state index contributed by atoms with van der Waals surface area (Å²) in [6.07, 6.45) is 3.32. The number of nitrogens with one attached hydrogen (secondary N) is 1. The van der Waals surface area contributed by atoms with Crippen molar-refractivity contribution in [3.8, 4) is 11.5 Å². The van der Waals surface area contributed by atoms with E-state index in [4.69, 9.17) is 9.47 Å². The summed E-state index contributed by atoms with van der Waals surface area (Å²) in [5, 5.41) is 3.72. The Morgan fingerprint density at radius 3 is 2.65 bits per heavy atom. The maximum atomic E-state index is 13.3. The first-order valence-electron chi connectivity index (χ1n) is 11.2. The Balaban J connectivity index is 1.30. The fourth-order valence-corrected chi connectivity index (χ4v) is 5.32. The van der Waals surface area contributed by atoms with E-state index in [-0.39, 0.29) is 17.6 Å². The molecule has 5 nitrogen and oxygen atoms in total. The highest BCUT2D eigenvalue weighted by Crippen LogP contribution is 2.51. The molecule has 2 heterocycles. The molecule has 0 amide bonds. The van der Waals surface area contributed by atoms with E-state index in [1.54, 1.807) is 0 Å². The van der Waals surface area contributed by atoms with Gasteiger partial charge >= 0.3 is 0 Å². The van der Waals surface area contributed by atoms with Crippen LogP contribution in [0.25, 0.3) is 0 Å². The molecule has 5 heteroatoms. The SMILES string of the molecule is CN(C)CC(C)(C)C1Cc2cc(CC(=O)C3(c4ccc5c(c4)OCO5)CC3)ccc2N1. The van der Waals surface area contributed by atoms with Gasteiger partial charge in [0.1, 0.15) is 5.78 Å². The summed E-state index contributed by atoms with van der Waals surface area (Å²) in [4.78, 5) is 15.6. The molecule has 0 aromatic heterocycles. The lowest BCUT2D eigenvalue weighted by Gasteiger charge is -2.34. The molecule has 0 saturated heterocycles. The quantitative estimate of drug-likeness (QED) is 0.728. The third-order valence-corrected chi connectivity index (χ3v) is 7.16. The van der Waals surface area contributed by atoms with Crippen LogP contribution in [0.2, 0.25) is 0 Å². The minimum absolute atomic E-state index is 0.163. The minimum Gasteiger partial charge on any atom is -0.454 e. The number of hydrogen-bond donors (Lipinski definition) is 1. The zero-order valence-electron chi connectivity index (χ0n) is 19.0. The van der Waals surface area contributed by atoms with Crippen LogP contribution in [0.3, 0.4) is 0 Å². The highest BCUT2D eigenvalue weighted by molar-refractivity contribution is 5.95. The molecule has 2 aromatic rings. The Morgan fingerprint density at radius 2 is 1.90 bits per heavy atom. The van der Waals surface area contributed by atoms with Crippen LogP contribution in [0.15, 0.2) is 36.4 Å². The van der Waals surface area contributed by atoms with E-state index < -0.39 is 0 Å². The molecule has 0 spiro atoms. The molecule has 2 aliphatic heterocycles. The van der Waals surface area contributed by atoms with Crippen LogP contribution in [0.1, 0.15) is 43.4 Å². The van der Waals surface area contributed by atoms with Crippen LogP contribution in [0.5, 0.6) is 11.5 Å². The van der Waals surface area contributed by atoms with Crippen molar-refractivity contribution in [2.75, 3.05) is 32.7 Å². The van der Waals surface area contributed by atoms with Crippen LogP contribution in [0, 0.1) is 5.41 Å². The normalized spacial score (nSPS) is 20.5. The molecular formula is C26H32N2O3. The van der Waals surface area contributed by atoms with Gasteiger partial charge in [-0.2, -0.15) is 0 Å². The molecule has 5 rings (SSSR count). The summed E-state index contributed by atoms with van der Waals surface area (Å²) in [7, 11) is 4.25. The molecule has 3 aliphatic rings. The predicted octanol–water partition coefficient (Wildman–Crippen LogP) is 4.18. The number of nitrogens with zero attached hydrogens (tertiary/aromatic N) is 1. The molecule has 0 bridgehead atoms. The summed E-state index contributed by atoms with van der Waals surface area (Å²) < 4.78 is 11.0. The Kier molecular flexibility index (Phi) is 4.78. The van der Waals surface area contributed by atoms with Gasteiger partial charge < -0.3 is 19.7 Å². The zero-order valence-corrected chi connectivity index (χ0v) is 19.0. The van der Waals surface area contributed by atoms with Gasteiger partial charge in [-0.3, -0.25) is 4.79 Å². The molecule has 1 fully saturated rings. The molecule has 0 radical (unpaired) electrons. The average molecular weight is 421 g/mol. The van der Waals surface area contributed by atoms with Gasteiger partial charge in [0.2, 0.25) is 6.79 Å². The number of ketones is 1. The second-order valence-corrected chi connectivity index (χ2v) is 10.4. The number of ether oxygens (including phenoxy) is 2.